The van der Waals surface area contributed by atoms with Gasteiger partial charge in [-0.3, -0.25) is 0 Å². The molecule has 2 aliphatic rings. The fraction of sp³-hybridized carbons (Fsp3) is 1.00. The van der Waals surface area contributed by atoms with Crippen LogP contribution in [0.15, 0.2) is 0 Å². The van der Waals surface area contributed by atoms with Gasteiger partial charge in [0.1, 0.15) is 0 Å². The lowest BCUT2D eigenvalue weighted by molar-refractivity contribution is 0.353. The van der Waals surface area contributed by atoms with Gasteiger partial charge >= 0.3 is 0 Å². The van der Waals surface area contributed by atoms with Gasteiger partial charge in [-0.05, 0) is 45.1 Å². The average Bonchev–Trinajstić information content (AvgIpc) is 2.69. The Labute approximate surface area is 97.9 Å². The summed E-state index contributed by atoms with van der Waals surface area (Å²) in [6, 6.07) is 0.354. The van der Waals surface area contributed by atoms with Crippen molar-refractivity contribution in [2.75, 3.05) is 18.1 Å². The van der Waals surface area contributed by atoms with Crippen LogP contribution in [0.5, 0.6) is 0 Å². The van der Waals surface area contributed by atoms with E-state index < -0.39 is 9.84 Å². The maximum Gasteiger partial charge on any atom is 0.152 e. The Kier molecular flexibility index (Phi) is 3.29. The molecular formula is C11H22N2O2S. The predicted octanol–water partition coefficient (Wildman–Crippen LogP) is 0.281. The first-order chi connectivity index (χ1) is 7.39. The molecule has 3 unspecified atom stereocenters. The van der Waals surface area contributed by atoms with Gasteiger partial charge in [0.25, 0.3) is 0 Å². The molecule has 0 radical (unpaired) electrons. The summed E-state index contributed by atoms with van der Waals surface area (Å²) in [5, 5.41) is 3.44. The molecule has 0 aromatic rings. The molecule has 1 heterocycles. The lowest BCUT2D eigenvalue weighted by atomic mass is 10.00. The first-order valence-corrected chi connectivity index (χ1v) is 7.92. The number of rotatable bonds is 3. The third-order valence-electron chi connectivity index (χ3n) is 3.90. The van der Waals surface area contributed by atoms with Crippen molar-refractivity contribution in [1.82, 2.24) is 5.32 Å². The van der Waals surface area contributed by atoms with Crippen LogP contribution in [0.3, 0.4) is 0 Å². The second-order valence-corrected chi connectivity index (χ2v) is 7.91. The monoisotopic (exact) mass is 246 g/mol. The van der Waals surface area contributed by atoms with Gasteiger partial charge in [0.2, 0.25) is 0 Å². The predicted molar refractivity (Wildman–Crippen MR) is 65.0 cm³/mol. The summed E-state index contributed by atoms with van der Waals surface area (Å²) < 4.78 is 22.9. The maximum atomic E-state index is 11.4. The van der Waals surface area contributed by atoms with Gasteiger partial charge in [-0.25, -0.2) is 8.42 Å². The highest BCUT2D eigenvalue weighted by Gasteiger charge is 2.38. The normalized spacial score (nSPS) is 42.6. The molecule has 16 heavy (non-hydrogen) atoms. The highest BCUT2D eigenvalue weighted by Crippen LogP contribution is 2.26. The Morgan fingerprint density at radius 1 is 1.44 bits per heavy atom. The molecule has 3 atom stereocenters. The van der Waals surface area contributed by atoms with Gasteiger partial charge in [0.15, 0.2) is 9.84 Å². The van der Waals surface area contributed by atoms with Crippen molar-refractivity contribution in [3.05, 3.63) is 0 Å². The highest BCUT2D eigenvalue weighted by molar-refractivity contribution is 7.91. The molecule has 2 fully saturated rings. The zero-order chi connectivity index (χ0) is 11.8. The van der Waals surface area contributed by atoms with Crippen molar-refractivity contribution >= 4 is 9.84 Å². The molecule has 0 bridgehead atoms. The van der Waals surface area contributed by atoms with Crippen molar-refractivity contribution in [3.8, 4) is 0 Å². The second-order valence-electron chi connectivity index (χ2n) is 5.72. The fourth-order valence-corrected chi connectivity index (χ4v) is 4.96. The van der Waals surface area contributed by atoms with E-state index in [0.29, 0.717) is 23.5 Å². The Hall–Kier alpha value is -0.130. The lowest BCUT2D eigenvalue weighted by Crippen LogP contribution is -2.45. The summed E-state index contributed by atoms with van der Waals surface area (Å²) in [5.74, 6) is 1.26. The molecule has 5 heteroatoms. The number of hydrogen-bond donors (Lipinski definition) is 2. The summed E-state index contributed by atoms with van der Waals surface area (Å²) in [4.78, 5) is 0. The molecule has 94 valence electrons. The molecular weight excluding hydrogens is 224 g/mol. The summed E-state index contributed by atoms with van der Waals surface area (Å²) >= 11 is 0. The van der Waals surface area contributed by atoms with Gasteiger partial charge in [0.05, 0.1) is 11.5 Å². The van der Waals surface area contributed by atoms with E-state index in [1.54, 1.807) is 0 Å². The number of nitrogens with one attached hydrogen (secondary N) is 1. The van der Waals surface area contributed by atoms with Crippen molar-refractivity contribution in [1.29, 1.82) is 0 Å². The molecule has 3 N–H and O–H groups in total. The zero-order valence-electron chi connectivity index (χ0n) is 9.91. The van der Waals surface area contributed by atoms with Crippen LogP contribution in [0.4, 0.5) is 0 Å². The molecule has 1 aliphatic carbocycles. The molecule has 0 amide bonds. The van der Waals surface area contributed by atoms with E-state index in [-0.39, 0.29) is 5.54 Å². The minimum absolute atomic E-state index is 0.203. The van der Waals surface area contributed by atoms with Crippen LogP contribution >= 0.6 is 0 Å². The van der Waals surface area contributed by atoms with Crippen LogP contribution in [-0.2, 0) is 9.84 Å². The van der Waals surface area contributed by atoms with E-state index in [1.807, 2.05) is 6.92 Å². The zero-order valence-corrected chi connectivity index (χ0v) is 10.7. The average molecular weight is 246 g/mol. The fourth-order valence-electron chi connectivity index (χ4n) is 2.84. The standard InChI is InChI=1S/C11H22N2O2S/c1-11(4-5-16(14,15)8-11)13-7-9-2-3-10(12)6-9/h9-10,13H,2-8,12H2,1H3. The summed E-state index contributed by atoms with van der Waals surface area (Å²) in [5.41, 5.74) is 5.66. The van der Waals surface area contributed by atoms with Gasteiger partial charge in [-0.15, -0.1) is 0 Å². The molecule has 1 saturated heterocycles. The summed E-state index contributed by atoms with van der Waals surface area (Å²) in [6.45, 7) is 2.94. The topological polar surface area (TPSA) is 72.2 Å². The molecule has 0 aromatic carbocycles. The Bertz CT molecular complexity index is 355. The molecule has 2 rings (SSSR count). The van der Waals surface area contributed by atoms with E-state index in [0.717, 1.165) is 25.8 Å². The van der Waals surface area contributed by atoms with E-state index in [9.17, 15) is 8.42 Å². The van der Waals surface area contributed by atoms with Crippen LogP contribution in [0.2, 0.25) is 0 Å². The van der Waals surface area contributed by atoms with Crippen molar-refractivity contribution in [2.24, 2.45) is 11.7 Å². The van der Waals surface area contributed by atoms with Crippen LogP contribution in [-0.4, -0.2) is 38.0 Å². The maximum absolute atomic E-state index is 11.4. The highest BCUT2D eigenvalue weighted by atomic mass is 32.2. The summed E-state index contributed by atoms with van der Waals surface area (Å²) in [7, 11) is -2.80. The van der Waals surface area contributed by atoms with Crippen LogP contribution < -0.4 is 11.1 Å². The van der Waals surface area contributed by atoms with Gasteiger partial charge in [0, 0.05) is 11.6 Å². The number of hydrogen-bond acceptors (Lipinski definition) is 4. The lowest BCUT2D eigenvalue weighted by Gasteiger charge is -2.26. The van der Waals surface area contributed by atoms with Crippen molar-refractivity contribution in [3.63, 3.8) is 0 Å². The van der Waals surface area contributed by atoms with E-state index in [1.165, 1.54) is 6.42 Å². The minimum Gasteiger partial charge on any atom is -0.328 e. The Balaban J connectivity index is 1.82. The van der Waals surface area contributed by atoms with E-state index in [4.69, 9.17) is 5.73 Å². The smallest absolute Gasteiger partial charge is 0.152 e. The van der Waals surface area contributed by atoms with Crippen LogP contribution in [0, 0.1) is 5.92 Å². The Morgan fingerprint density at radius 2 is 2.19 bits per heavy atom. The number of nitrogens with two attached hydrogens (primary N) is 1. The number of sulfone groups is 1. The Morgan fingerprint density at radius 3 is 2.69 bits per heavy atom. The third-order valence-corrected chi connectivity index (χ3v) is 5.81. The first-order valence-electron chi connectivity index (χ1n) is 6.10. The second kappa shape index (κ2) is 4.27. The molecule has 0 spiro atoms. The van der Waals surface area contributed by atoms with Gasteiger partial charge < -0.3 is 11.1 Å². The SMILES string of the molecule is CC1(NCC2CCC(N)C2)CCS(=O)(=O)C1. The third kappa shape index (κ3) is 2.96. The summed E-state index contributed by atoms with van der Waals surface area (Å²) in [6.07, 6.45) is 4.11. The molecule has 0 aromatic heterocycles. The van der Waals surface area contributed by atoms with Crippen LogP contribution in [0.1, 0.15) is 32.6 Å². The first kappa shape index (κ1) is 12.3. The largest absolute Gasteiger partial charge is 0.328 e. The van der Waals surface area contributed by atoms with Gasteiger partial charge in [-0.2, -0.15) is 0 Å². The van der Waals surface area contributed by atoms with E-state index in [2.05, 4.69) is 5.32 Å². The quantitative estimate of drug-likeness (QED) is 0.750. The molecule has 4 nitrogen and oxygen atoms in total. The van der Waals surface area contributed by atoms with Gasteiger partial charge in [-0.1, -0.05) is 0 Å². The van der Waals surface area contributed by atoms with E-state index >= 15 is 0 Å². The van der Waals surface area contributed by atoms with Crippen molar-refractivity contribution in [2.45, 2.75) is 44.2 Å². The van der Waals surface area contributed by atoms with Crippen LogP contribution in [0.25, 0.3) is 0 Å². The van der Waals surface area contributed by atoms with Crippen molar-refractivity contribution < 1.29 is 8.42 Å². The molecule has 1 aliphatic heterocycles. The minimum atomic E-state index is -2.80. The molecule has 1 saturated carbocycles.